The van der Waals surface area contributed by atoms with Gasteiger partial charge in [0.1, 0.15) is 0 Å². The second kappa shape index (κ2) is 8.04. The van der Waals surface area contributed by atoms with Crippen molar-refractivity contribution in [3.63, 3.8) is 0 Å². The zero-order chi connectivity index (χ0) is 11.8. The maximum Gasteiger partial charge on any atom is 0.0223 e. The molecule has 0 amide bonds. The normalized spacial score (nSPS) is 22.1. The van der Waals surface area contributed by atoms with Crippen LogP contribution in [0, 0.1) is 0 Å². The van der Waals surface area contributed by atoms with Crippen LogP contribution in [0.5, 0.6) is 0 Å². The molecular weight excluding hydrogens is 198 g/mol. The lowest BCUT2D eigenvalue weighted by Gasteiger charge is -2.26. The molecule has 1 aliphatic rings. The lowest BCUT2D eigenvalue weighted by Crippen LogP contribution is -2.38. The quantitative estimate of drug-likeness (QED) is 0.632. The van der Waals surface area contributed by atoms with E-state index in [1.54, 1.807) is 0 Å². The maximum atomic E-state index is 3.48. The topological polar surface area (TPSA) is 18.5 Å². The average molecular weight is 227 g/mol. The van der Waals surface area contributed by atoms with Gasteiger partial charge in [0.15, 0.2) is 0 Å². The molecule has 1 heterocycles. The monoisotopic (exact) mass is 227 g/mol. The van der Waals surface area contributed by atoms with Gasteiger partial charge >= 0.3 is 0 Å². The Morgan fingerprint density at radius 3 is 2.81 bits per heavy atom. The van der Waals surface area contributed by atoms with Crippen LogP contribution < -0.4 is 5.32 Å². The molecule has 3 nitrogen and oxygen atoms in total. The standard InChI is InChI=1S/C13H29N3/c1-4-8-14-9-6-11-16-10-5-7-13(16)12-15(2)3/h13-14H,4-12H2,1-3H3. The highest BCUT2D eigenvalue weighted by Crippen LogP contribution is 2.17. The fourth-order valence-electron chi connectivity index (χ4n) is 2.53. The van der Waals surface area contributed by atoms with Crippen LogP contribution in [0.15, 0.2) is 0 Å². The van der Waals surface area contributed by atoms with Crippen molar-refractivity contribution in [2.45, 2.75) is 38.6 Å². The summed E-state index contributed by atoms with van der Waals surface area (Å²) in [7, 11) is 4.36. The fraction of sp³-hybridized carbons (Fsp3) is 1.00. The fourth-order valence-corrected chi connectivity index (χ4v) is 2.53. The molecule has 1 saturated heterocycles. The molecule has 1 fully saturated rings. The van der Waals surface area contributed by atoms with E-state index in [-0.39, 0.29) is 0 Å². The van der Waals surface area contributed by atoms with Crippen molar-refractivity contribution in [2.75, 3.05) is 46.8 Å². The number of likely N-dealkylation sites (N-methyl/N-ethyl adjacent to an activating group) is 1. The summed E-state index contributed by atoms with van der Waals surface area (Å²) in [4.78, 5) is 4.99. The van der Waals surface area contributed by atoms with Gasteiger partial charge in [-0.2, -0.15) is 0 Å². The van der Waals surface area contributed by atoms with Crippen LogP contribution in [0.25, 0.3) is 0 Å². The molecular formula is C13H29N3. The number of hydrogen-bond donors (Lipinski definition) is 1. The van der Waals surface area contributed by atoms with Gasteiger partial charge in [-0.3, -0.25) is 4.90 Å². The predicted molar refractivity (Wildman–Crippen MR) is 70.9 cm³/mol. The summed E-state index contributed by atoms with van der Waals surface area (Å²) >= 11 is 0. The van der Waals surface area contributed by atoms with E-state index < -0.39 is 0 Å². The minimum Gasteiger partial charge on any atom is -0.317 e. The summed E-state index contributed by atoms with van der Waals surface area (Å²) in [5, 5.41) is 3.48. The Morgan fingerprint density at radius 2 is 2.12 bits per heavy atom. The van der Waals surface area contributed by atoms with Crippen LogP contribution in [-0.4, -0.2) is 62.7 Å². The molecule has 1 N–H and O–H groups in total. The maximum absolute atomic E-state index is 3.48. The summed E-state index contributed by atoms with van der Waals surface area (Å²) in [5.74, 6) is 0. The first-order valence-corrected chi connectivity index (χ1v) is 6.83. The Balaban J connectivity index is 2.10. The van der Waals surface area contributed by atoms with Crippen molar-refractivity contribution >= 4 is 0 Å². The highest BCUT2D eigenvalue weighted by molar-refractivity contribution is 4.80. The van der Waals surface area contributed by atoms with Gasteiger partial charge in [0, 0.05) is 12.6 Å². The van der Waals surface area contributed by atoms with E-state index in [9.17, 15) is 0 Å². The van der Waals surface area contributed by atoms with E-state index in [2.05, 4.69) is 36.1 Å². The summed E-state index contributed by atoms with van der Waals surface area (Å²) in [6, 6.07) is 0.807. The molecule has 0 aromatic heterocycles. The second-order valence-corrected chi connectivity index (χ2v) is 5.20. The molecule has 0 saturated carbocycles. The van der Waals surface area contributed by atoms with Crippen LogP contribution in [0.3, 0.4) is 0 Å². The Bertz CT molecular complexity index is 171. The smallest absolute Gasteiger partial charge is 0.0223 e. The van der Waals surface area contributed by atoms with E-state index in [4.69, 9.17) is 0 Å². The number of nitrogens with zero attached hydrogens (tertiary/aromatic N) is 2. The van der Waals surface area contributed by atoms with Gasteiger partial charge in [0.05, 0.1) is 0 Å². The van der Waals surface area contributed by atoms with Crippen LogP contribution >= 0.6 is 0 Å². The Morgan fingerprint density at radius 1 is 1.31 bits per heavy atom. The van der Waals surface area contributed by atoms with Gasteiger partial charge in [-0.05, 0) is 66.0 Å². The van der Waals surface area contributed by atoms with E-state index in [1.807, 2.05) is 0 Å². The number of nitrogens with one attached hydrogen (secondary N) is 1. The highest BCUT2D eigenvalue weighted by atomic mass is 15.2. The molecule has 1 rings (SSSR count). The predicted octanol–water partition coefficient (Wildman–Crippen LogP) is 1.40. The third-order valence-corrected chi connectivity index (χ3v) is 3.30. The lowest BCUT2D eigenvalue weighted by atomic mass is 10.2. The van der Waals surface area contributed by atoms with Crippen molar-refractivity contribution in [3.05, 3.63) is 0 Å². The molecule has 1 unspecified atom stereocenters. The molecule has 0 aromatic rings. The van der Waals surface area contributed by atoms with E-state index in [1.165, 1.54) is 58.4 Å². The zero-order valence-corrected chi connectivity index (χ0v) is 11.3. The SMILES string of the molecule is CCCNCCCN1CCCC1CN(C)C. The number of hydrogen-bond acceptors (Lipinski definition) is 3. The van der Waals surface area contributed by atoms with E-state index in [0.29, 0.717) is 0 Å². The number of rotatable bonds is 8. The first kappa shape index (κ1) is 13.9. The Kier molecular flexibility index (Phi) is 7.01. The van der Waals surface area contributed by atoms with Crippen LogP contribution in [0.4, 0.5) is 0 Å². The summed E-state index contributed by atoms with van der Waals surface area (Å²) in [6.45, 7) is 8.38. The summed E-state index contributed by atoms with van der Waals surface area (Å²) < 4.78 is 0. The molecule has 96 valence electrons. The lowest BCUT2D eigenvalue weighted by molar-refractivity contribution is 0.205. The molecule has 0 radical (unpaired) electrons. The van der Waals surface area contributed by atoms with Crippen molar-refractivity contribution in [1.29, 1.82) is 0 Å². The van der Waals surface area contributed by atoms with Gasteiger partial charge in [-0.25, -0.2) is 0 Å². The summed E-state index contributed by atoms with van der Waals surface area (Å²) in [6.07, 6.45) is 5.32. The van der Waals surface area contributed by atoms with Crippen LogP contribution in [0.1, 0.15) is 32.6 Å². The van der Waals surface area contributed by atoms with Crippen molar-refractivity contribution in [2.24, 2.45) is 0 Å². The van der Waals surface area contributed by atoms with E-state index >= 15 is 0 Å². The molecule has 1 aliphatic heterocycles. The van der Waals surface area contributed by atoms with Gasteiger partial charge in [0.2, 0.25) is 0 Å². The van der Waals surface area contributed by atoms with Crippen molar-refractivity contribution in [3.8, 4) is 0 Å². The first-order chi connectivity index (χ1) is 7.74. The summed E-state index contributed by atoms with van der Waals surface area (Å²) in [5.41, 5.74) is 0. The zero-order valence-electron chi connectivity index (χ0n) is 11.3. The molecule has 0 aromatic carbocycles. The van der Waals surface area contributed by atoms with Crippen molar-refractivity contribution < 1.29 is 0 Å². The molecule has 3 heteroatoms. The second-order valence-electron chi connectivity index (χ2n) is 5.20. The van der Waals surface area contributed by atoms with Gasteiger partial charge in [-0.15, -0.1) is 0 Å². The molecule has 0 bridgehead atoms. The molecule has 0 spiro atoms. The number of likely N-dealkylation sites (tertiary alicyclic amines) is 1. The minimum absolute atomic E-state index is 0.807. The molecule has 16 heavy (non-hydrogen) atoms. The van der Waals surface area contributed by atoms with Gasteiger partial charge in [0.25, 0.3) is 0 Å². The first-order valence-electron chi connectivity index (χ1n) is 6.83. The third kappa shape index (κ3) is 5.28. The van der Waals surface area contributed by atoms with Crippen molar-refractivity contribution in [1.82, 2.24) is 15.1 Å². The van der Waals surface area contributed by atoms with E-state index in [0.717, 1.165) is 6.04 Å². The van der Waals surface area contributed by atoms with Crippen LogP contribution in [0.2, 0.25) is 0 Å². The Labute approximate surface area is 101 Å². The van der Waals surface area contributed by atoms with Gasteiger partial charge < -0.3 is 10.2 Å². The van der Waals surface area contributed by atoms with Crippen LogP contribution in [-0.2, 0) is 0 Å². The molecule has 0 aliphatic carbocycles. The van der Waals surface area contributed by atoms with Gasteiger partial charge in [-0.1, -0.05) is 6.92 Å². The third-order valence-electron chi connectivity index (χ3n) is 3.30. The largest absolute Gasteiger partial charge is 0.317 e. The highest BCUT2D eigenvalue weighted by Gasteiger charge is 2.23. The average Bonchev–Trinajstić information content (AvgIpc) is 2.64. The Hall–Kier alpha value is -0.120. The molecule has 1 atom stereocenters. The minimum atomic E-state index is 0.807.